The molecule has 0 radical (unpaired) electrons. The van der Waals surface area contributed by atoms with Crippen LogP contribution in [0.4, 0.5) is 10.5 Å². The fourth-order valence-corrected chi connectivity index (χ4v) is 3.67. The van der Waals surface area contributed by atoms with Crippen LogP contribution in [0.15, 0.2) is 48.5 Å². The topological polar surface area (TPSA) is 36.8 Å². The number of carbonyl (C=O) groups excluding carboxylic acids is 1. The number of urea groups is 1. The normalized spacial score (nSPS) is 17.8. The lowest BCUT2D eigenvalue weighted by molar-refractivity contribution is -0.911. The van der Waals surface area contributed by atoms with Crippen LogP contribution in [0.3, 0.4) is 0 Å². The van der Waals surface area contributed by atoms with Gasteiger partial charge in [0, 0.05) is 34.3 Å². The van der Waals surface area contributed by atoms with Gasteiger partial charge in [-0.15, -0.1) is 0 Å². The Hall–Kier alpha value is -1.75. The Labute approximate surface area is 158 Å². The molecule has 2 N–H and O–H groups in total. The van der Waals surface area contributed by atoms with Crippen molar-refractivity contribution in [2.24, 2.45) is 0 Å². The van der Waals surface area contributed by atoms with Gasteiger partial charge < -0.3 is 15.1 Å². The van der Waals surface area contributed by atoms with Crippen LogP contribution in [-0.4, -0.2) is 37.1 Å². The van der Waals surface area contributed by atoms with Gasteiger partial charge in [0.25, 0.3) is 0 Å². The highest BCUT2D eigenvalue weighted by atomic mass is 35.5. The number of hydrogen-bond acceptors (Lipinski definition) is 1. The van der Waals surface area contributed by atoms with E-state index in [2.05, 4.69) is 29.6 Å². The Balaban J connectivity index is 1.56. The maximum absolute atomic E-state index is 12.5. The van der Waals surface area contributed by atoms with Crippen LogP contribution < -0.4 is 10.2 Å². The van der Waals surface area contributed by atoms with Gasteiger partial charge in [-0.05, 0) is 18.2 Å². The van der Waals surface area contributed by atoms with E-state index in [1.807, 2.05) is 11.0 Å². The average Bonchev–Trinajstić information content (AvgIpc) is 2.80. The molecule has 1 saturated heterocycles. The van der Waals surface area contributed by atoms with Crippen molar-refractivity contribution in [3.8, 4) is 0 Å². The van der Waals surface area contributed by atoms with Crippen LogP contribution in [0.5, 0.6) is 0 Å². The fourth-order valence-electron chi connectivity index (χ4n) is 3.14. The van der Waals surface area contributed by atoms with E-state index < -0.39 is 0 Å². The Bertz CT molecular complexity index is 704. The van der Waals surface area contributed by atoms with Crippen molar-refractivity contribution in [2.75, 3.05) is 31.5 Å². The first-order valence-electron chi connectivity index (χ1n) is 8.50. The third-order valence-electron chi connectivity index (χ3n) is 4.39. The largest absolute Gasteiger partial charge is 0.330 e. The molecule has 3 rings (SSSR count). The second-order valence-corrected chi connectivity index (χ2v) is 7.21. The first-order chi connectivity index (χ1) is 12.1. The van der Waals surface area contributed by atoms with Gasteiger partial charge in [-0.3, -0.25) is 0 Å². The van der Waals surface area contributed by atoms with E-state index in [1.165, 1.54) is 10.5 Å². The number of benzene rings is 2. The summed E-state index contributed by atoms with van der Waals surface area (Å²) in [5.74, 6) is 0. The summed E-state index contributed by atoms with van der Waals surface area (Å²) in [5.41, 5.74) is 1.96. The van der Waals surface area contributed by atoms with Gasteiger partial charge in [-0.25, -0.2) is 4.79 Å². The van der Waals surface area contributed by atoms with Gasteiger partial charge in [-0.1, -0.05) is 53.5 Å². The van der Waals surface area contributed by atoms with Gasteiger partial charge in [0.2, 0.25) is 0 Å². The number of quaternary nitrogens is 1. The summed E-state index contributed by atoms with van der Waals surface area (Å²) in [7, 11) is 0. The van der Waals surface area contributed by atoms with E-state index in [0.717, 1.165) is 39.1 Å². The van der Waals surface area contributed by atoms with Crippen molar-refractivity contribution < 1.29 is 9.69 Å². The predicted octanol–water partition coefficient (Wildman–Crippen LogP) is 3.32. The molecular formula is C19H22Cl2N3O+. The molecule has 2 amide bonds. The van der Waals surface area contributed by atoms with E-state index in [1.54, 1.807) is 18.2 Å². The monoisotopic (exact) mass is 378 g/mol. The molecule has 0 saturated carbocycles. The molecule has 1 unspecified atom stereocenters. The zero-order valence-electron chi connectivity index (χ0n) is 14.0. The third-order valence-corrected chi connectivity index (χ3v) is 4.83. The number of nitrogens with one attached hydrogen (secondary N) is 2. The van der Waals surface area contributed by atoms with Gasteiger partial charge in [0.15, 0.2) is 0 Å². The van der Waals surface area contributed by atoms with Crippen molar-refractivity contribution in [1.29, 1.82) is 0 Å². The molecule has 1 heterocycles. The highest BCUT2D eigenvalue weighted by Crippen LogP contribution is 2.22. The van der Waals surface area contributed by atoms with E-state index in [9.17, 15) is 4.79 Å². The van der Waals surface area contributed by atoms with Crippen molar-refractivity contribution in [3.63, 3.8) is 0 Å². The summed E-state index contributed by atoms with van der Waals surface area (Å²) in [6.45, 7) is 4.52. The molecule has 2 aromatic rings. The number of amides is 2. The molecule has 0 aromatic heterocycles. The van der Waals surface area contributed by atoms with Crippen molar-refractivity contribution in [2.45, 2.75) is 13.0 Å². The fraction of sp³-hybridized carbons (Fsp3) is 0.316. The molecular weight excluding hydrogens is 357 g/mol. The zero-order valence-corrected chi connectivity index (χ0v) is 15.5. The standard InChI is InChI=1S/C19H21Cl2N3O/c20-16-11-17(21)13-18(12-16)22-19(25)24-8-4-7-23(9-10-24)14-15-5-2-1-3-6-15/h1-3,5-6,11-13H,4,7-10,14H2,(H,22,25)/p+1. The van der Waals surface area contributed by atoms with Gasteiger partial charge in [0.1, 0.15) is 6.54 Å². The second kappa shape index (κ2) is 8.56. The smallest absolute Gasteiger partial charge is 0.322 e. The molecule has 4 nitrogen and oxygen atoms in total. The first kappa shape index (κ1) is 18.1. The molecule has 1 atom stereocenters. The molecule has 1 aliphatic rings. The lowest BCUT2D eigenvalue weighted by Gasteiger charge is -2.21. The Morgan fingerprint density at radius 1 is 1.04 bits per heavy atom. The summed E-state index contributed by atoms with van der Waals surface area (Å²) in [6, 6.07) is 15.5. The Morgan fingerprint density at radius 3 is 2.48 bits per heavy atom. The van der Waals surface area contributed by atoms with Crippen LogP contribution in [0.25, 0.3) is 0 Å². The molecule has 25 heavy (non-hydrogen) atoms. The average molecular weight is 379 g/mol. The molecule has 0 aliphatic carbocycles. The summed E-state index contributed by atoms with van der Waals surface area (Å²) < 4.78 is 0. The number of hydrogen-bond donors (Lipinski definition) is 2. The minimum Gasteiger partial charge on any atom is -0.330 e. The summed E-state index contributed by atoms with van der Waals surface area (Å²) in [6.07, 6.45) is 0.992. The van der Waals surface area contributed by atoms with Gasteiger partial charge in [0.05, 0.1) is 19.6 Å². The van der Waals surface area contributed by atoms with Crippen molar-refractivity contribution in [3.05, 3.63) is 64.1 Å². The second-order valence-electron chi connectivity index (χ2n) is 6.34. The summed E-state index contributed by atoms with van der Waals surface area (Å²) >= 11 is 12.0. The highest BCUT2D eigenvalue weighted by molar-refractivity contribution is 6.35. The molecule has 0 spiro atoms. The third kappa shape index (κ3) is 5.36. The van der Waals surface area contributed by atoms with Crippen molar-refractivity contribution in [1.82, 2.24) is 4.90 Å². The van der Waals surface area contributed by atoms with Crippen LogP contribution in [-0.2, 0) is 6.54 Å². The maximum Gasteiger partial charge on any atom is 0.322 e. The molecule has 6 heteroatoms. The number of anilines is 1. The number of rotatable bonds is 3. The SMILES string of the molecule is O=C(Nc1cc(Cl)cc(Cl)c1)N1CCC[NH+](Cc2ccccc2)CC1. The number of halogens is 2. The van der Waals surface area contributed by atoms with E-state index in [0.29, 0.717) is 15.7 Å². The lowest BCUT2D eigenvalue weighted by atomic mass is 10.2. The predicted molar refractivity (Wildman–Crippen MR) is 103 cm³/mol. The quantitative estimate of drug-likeness (QED) is 0.844. The highest BCUT2D eigenvalue weighted by Gasteiger charge is 2.21. The summed E-state index contributed by atoms with van der Waals surface area (Å²) in [5, 5.41) is 3.92. The van der Waals surface area contributed by atoms with Crippen LogP contribution in [0.1, 0.15) is 12.0 Å². The maximum atomic E-state index is 12.5. The van der Waals surface area contributed by atoms with Crippen LogP contribution in [0, 0.1) is 0 Å². The lowest BCUT2D eigenvalue weighted by Crippen LogP contribution is -3.11. The zero-order chi connectivity index (χ0) is 17.6. The molecule has 132 valence electrons. The van der Waals surface area contributed by atoms with E-state index in [4.69, 9.17) is 23.2 Å². The van der Waals surface area contributed by atoms with Crippen LogP contribution >= 0.6 is 23.2 Å². The number of carbonyl (C=O) groups is 1. The molecule has 1 aliphatic heterocycles. The first-order valence-corrected chi connectivity index (χ1v) is 9.25. The van der Waals surface area contributed by atoms with E-state index in [-0.39, 0.29) is 6.03 Å². The van der Waals surface area contributed by atoms with Gasteiger partial charge in [-0.2, -0.15) is 0 Å². The van der Waals surface area contributed by atoms with Gasteiger partial charge >= 0.3 is 6.03 Å². The molecule has 2 aromatic carbocycles. The minimum atomic E-state index is -0.0979. The van der Waals surface area contributed by atoms with Crippen LogP contribution in [0.2, 0.25) is 10.0 Å². The minimum absolute atomic E-state index is 0.0979. The van der Waals surface area contributed by atoms with Crippen molar-refractivity contribution >= 4 is 34.9 Å². The molecule has 1 fully saturated rings. The number of nitrogens with zero attached hydrogens (tertiary/aromatic N) is 1. The Kier molecular flexibility index (Phi) is 6.19. The Morgan fingerprint density at radius 2 is 1.76 bits per heavy atom. The molecule has 0 bridgehead atoms. The van der Waals surface area contributed by atoms with E-state index >= 15 is 0 Å². The summed E-state index contributed by atoms with van der Waals surface area (Å²) in [4.78, 5) is 15.9.